The summed E-state index contributed by atoms with van der Waals surface area (Å²) < 4.78 is 0. The molecule has 2 unspecified atom stereocenters. The van der Waals surface area contributed by atoms with Crippen LogP contribution in [-0.4, -0.2) is 33.0 Å². The van der Waals surface area contributed by atoms with Crippen molar-refractivity contribution in [3.05, 3.63) is 69.2 Å². The molecule has 2 N–H and O–H groups in total. The van der Waals surface area contributed by atoms with Crippen LogP contribution < -0.4 is 10.6 Å². The summed E-state index contributed by atoms with van der Waals surface area (Å²) in [6, 6.07) is 11.6. The quantitative estimate of drug-likeness (QED) is 0.365. The van der Waals surface area contributed by atoms with Crippen molar-refractivity contribution in [1.82, 2.24) is 15.5 Å². The molecule has 0 aliphatic carbocycles. The van der Waals surface area contributed by atoms with E-state index < -0.39 is 22.8 Å². The van der Waals surface area contributed by atoms with Gasteiger partial charge >= 0.3 is 0 Å². The third kappa shape index (κ3) is 5.65. The minimum Gasteiger partial charge on any atom is -0.340 e. The van der Waals surface area contributed by atoms with E-state index in [4.69, 9.17) is 11.6 Å². The number of nitro benzene ring substituents is 1. The second-order valence-corrected chi connectivity index (χ2v) is 8.47. The van der Waals surface area contributed by atoms with Gasteiger partial charge in [-0.1, -0.05) is 61.4 Å². The first-order valence-corrected chi connectivity index (χ1v) is 10.9. The van der Waals surface area contributed by atoms with Crippen LogP contribution in [0.5, 0.6) is 0 Å². The van der Waals surface area contributed by atoms with Crippen LogP contribution in [0.3, 0.4) is 0 Å². The minimum atomic E-state index is -0.870. The normalized spacial score (nSPS) is 12.6. The summed E-state index contributed by atoms with van der Waals surface area (Å²) >= 11 is 7.19. The van der Waals surface area contributed by atoms with Gasteiger partial charge in [0, 0.05) is 28.3 Å². The number of amides is 2. The van der Waals surface area contributed by atoms with Gasteiger partial charge in [-0.05, 0) is 24.1 Å². The molecule has 3 rings (SSSR count). The van der Waals surface area contributed by atoms with Crippen LogP contribution in [0.25, 0.3) is 10.6 Å². The molecule has 166 valence electrons. The number of carbonyl (C=O) groups is 2. The average Bonchev–Trinajstić information content (AvgIpc) is 3.25. The molecule has 0 bridgehead atoms. The predicted octanol–water partition coefficient (Wildman–Crippen LogP) is 4.55. The summed E-state index contributed by atoms with van der Waals surface area (Å²) in [4.78, 5) is 36.0. The Morgan fingerprint density at radius 2 is 1.94 bits per heavy atom. The number of nitrogens with zero attached hydrogens (tertiary/aromatic N) is 3. The predicted molar refractivity (Wildman–Crippen MR) is 123 cm³/mol. The summed E-state index contributed by atoms with van der Waals surface area (Å²) in [6.07, 6.45) is 0.622. The Morgan fingerprint density at radius 1 is 1.19 bits per heavy atom. The SMILES string of the molecule is CCC(C)C(NC(=O)c1cccc([N+](=O)[O-])c1)C(=O)Nc1nnc(-c2cccc(Cl)c2)s1. The summed E-state index contributed by atoms with van der Waals surface area (Å²) in [5.41, 5.74) is 0.664. The first-order valence-electron chi connectivity index (χ1n) is 9.74. The first kappa shape index (κ1) is 23.3. The largest absolute Gasteiger partial charge is 0.340 e. The number of hydrogen-bond acceptors (Lipinski definition) is 7. The number of carbonyl (C=O) groups excluding carboxylic acids is 2. The van der Waals surface area contributed by atoms with Crippen molar-refractivity contribution in [2.45, 2.75) is 26.3 Å². The lowest BCUT2D eigenvalue weighted by molar-refractivity contribution is -0.384. The molecule has 32 heavy (non-hydrogen) atoms. The first-order chi connectivity index (χ1) is 15.3. The van der Waals surface area contributed by atoms with Gasteiger partial charge in [0.25, 0.3) is 11.6 Å². The van der Waals surface area contributed by atoms with Crippen molar-refractivity contribution in [2.24, 2.45) is 5.92 Å². The number of anilines is 1. The molecule has 0 spiro atoms. The molecule has 0 saturated heterocycles. The summed E-state index contributed by atoms with van der Waals surface area (Å²) in [5.74, 6) is -1.23. The third-order valence-electron chi connectivity index (χ3n) is 4.83. The van der Waals surface area contributed by atoms with Crippen LogP contribution in [0.15, 0.2) is 48.5 Å². The summed E-state index contributed by atoms with van der Waals surface area (Å²) in [5, 5.41) is 25.9. The molecule has 2 amide bonds. The van der Waals surface area contributed by atoms with Gasteiger partial charge in [-0.3, -0.25) is 25.0 Å². The maximum atomic E-state index is 12.9. The molecule has 0 radical (unpaired) electrons. The molecule has 9 nitrogen and oxygen atoms in total. The fourth-order valence-corrected chi connectivity index (χ4v) is 3.82. The van der Waals surface area contributed by atoms with E-state index in [-0.39, 0.29) is 22.3 Å². The summed E-state index contributed by atoms with van der Waals surface area (Å²) in [7, 11) is 0. The lowest BCUT2D eigenvalue weighted by Gasteiger charge is -2.23. The van der Waals surface area contributed by atoms with Crippen molar-refractivity contribution >= 4 is 45.6 Å². The lowest BCUT2D eigenvalue weighted by atomic mass is 9.98. The highest BCUT2D eigenvalue weighted by atomic mass is 35.5. The second-order valence-electron chi connectivity index (χ2n) is 7.06. The van der Waals surface area contributed by atoms with E-state index in [9.17, 15) is 19.7 Å². The zero-order chi connectivity index (χ0) is 23.3. The molecule has 0 fully saturated rings. The molecule has 0 aliphatic rings. The topological polar surface area (TPSA) is 127 Å². The Kier molecular flexibility index (Phi) is 7.49. The molecule has 1 aromatic heterocycles. The van der Waals surface area contributed by atoms with Crippen LogP contribution in [-0.2, 0) is 4.79 Å². The number of rotatable bonds is 8. The molecule has 0 aliphatic heterocycles. The highest BCUT2D eigenvalue weighted by molar-refractivity contribution is 7.18. The molecular formula is C21H20ClN5O4S. The van der Waals surface area contributed by atoms with E-state index >= 15 is 0 Å². The third-order valence-corrected chi connectivity index (χ3v) is 5.95. The van der Waals surface area contributed by atoms with Crippen LogP contribution in [0, 0.1) is 16.0 Å². The highest BCUT2D eigenvalue weighted by Gasteiger charge is 2.27. The van der Waals surface area contributed by atoms with Gasteiger partial charge in [0.1, 0.15) is 11.0 Å². The Labute approximate surface area is 193 Å². The minimum absolute atomic E-state index is 0.0967. The molecule has 2 atom stereocenters. The van der Waals surface area contributed by atoms with Gasteiger partial charge in [-0.15, -0.1) is 10.2 Å². The van der Waals surface area contributed by atoms with Gasteiger partial charge in [-0.25, -0.2) is 0 Å². The number of non-ortho nitro benzene ring substituents is 1. The van der Waals surface area contributed by atoms with E-state index in [1.54, 1.807) is 18.2 Å². The Hall–Kier alpha value is -3.37. The Bertz CT molecular complexity index is 1150. The van der Waals surface area contributed by atoms with E-state index in [1.807, 2.05) is 19.9 Å². The van der Waals surface area contributed by atoms with Crippen LogP contribution in [0.1, 0.15) is 30.6 Å². The number of halogens is 1. The number of nitro groups is 1. The van der Waals surface area contributed by atoms with Crippen molar-refractivity contribution in [3.8, 4) is 10.6 Å². The van der Waals surface area contributed by atoms with Gasteiger partial charge in [-0.2, -0.15) is 0 Å². The van der Waals surface area contributed by atoms with Crippen molar-refractivity contribution < 1.29 is 14.5 Å². The Balaban J connectivity index is 1.75. The second kappa shape index (κ2) is 10.3. The number of benzene rings is 2. The van der Waals surface area contributed by atoms with Crippen molar-refractivity contribution in [2.75, 3.05) is 5.32 Å². The maximum Gasteiger partial charge on any atom is 0.270 e. The standard InChI is InChI=1S/C21H20ClN5O4S/c1-3-12(2)17(23-18(28)13-6-5-9-16(11-13)27(30)31)19(29)24-21-26-25-20(32-21)14-7-4-8-15(22)10-14/h4-12,17H,3H2,1-2H3,(H,23,28)(H,24,26,29). The number of aromatic nitrogens is 2. The van der Waals surface area contributed by atoms with Crippen molar-refractivity contribution in [3.63, 3.8) is 0 Å². The van der Waals surface area contributed by atoms with Gasteiger partial charge < -0.3 is 5.32 Å². The van der Waals surface area contributed by atoms with Crippen LogP contribution >= 0.6 is 22.9 Å². The highest BCUT2D eigenvalue weighted by Crippen LogP contribution is 2.28. The fourth-order valence-electron chi connectivity index (χ4n) is 2.88. The van der Waals surface area contributed by atoms with E-state index in [0.717, 1.165) is 5.56 Å². The zero-order valence-corrected chi connectivity index (χ0v) is 18.8. The summed E-state index contributed by atoms with van der Waals surface area (Å²) in [6.45, 7) is 3.72. The number of hydrogen-bond donors (Lipinski definition) is 2. The lowest BCUT2D eigenvalue weighted by Crippen LogP contribution is -2.47. The monoisotopic (exact) mass is 473 g/mol. The van der Waals surface area contributed by atoms with E-state index in [1.165, 1.54) is 35.6 Å². The number of nitrogens with one attached hydrogen (secondary N) is 2. The molecule has 1 heterocycles. The fraction of sp³-hybridized carbons (Fsp3) is 0.238. The maximum absolute atomic E-state index is 12.9. The van der Waals surface area contributed by atoms with Crippen LogP contribution in [0.2, 0.25) is 5.02 Å². The molecule has 3 aromatic rings. The van der Waals surface area contributed by atoms with Crippen LogP contribution in [0.4, 0.5) is 10.8 Å². The van der Waals surface area contributed by atoms with E-state index in [0.29, 0.717) is 16.5 Å². The van der Waals surface area contributed by atoms with Crippen molar-refractivity contribution in [1.29, 1.82) is 0 Å². The van der Waals surface area contributed by atoms with E-state index in [2.05, 4.69) is 20.8 Å². The smallest absolute Gasteiger partial charge is 0.270 e. The molecule has 11 heteroatoms. The molecule has 0 saturated carbocycles. The zero-order valence-electron chi connectivity index (χ0n) is 17.2. The average molecular weight is 474 g/mol. The van der Waals surface area contributed by atoms with Gasteiger partial charge in [0.05, 0.1) is 4.92 Å². The van der Waals surface area contributed by atoms with Gasteiger partial charge in [0.15, 0.2) is 0 Å². The Morgan fingerprint density at radius 3 is 2.62 bits per heavy atom. The molecular weight excluding hydrogens is 454 g/mol. The van der Waals surface area contributed by atoms with Gasteiger partial charge in [0.2, 0.25) is 11.0 Å². The molecule has 2 aromatic carbocycles.